The van der Waals surface area contributed by atoms with Gasteiger partial charge in [-0.1, -0.05) is 6.07 Å². The van der Waals surface area contributed by atoms with Crippen molar-refractivity contribution >= 4 is 23.0 Å². The van der Waals surface area contributed by atoms with Crippen LogP contribution in [0.5, 0.6) is 5.75 Å². The Hall–Kier alpha value is -2.35. The van der Waals surface area contributed by atoms with Crippen molar-refractivity contribution < 1.29 is 27.9 Å². The van der Waals surface area contributed by atoms with Crippen LogP contribution in [-0.4, -0.2) is 23.3 Å². The summed E-state index contributed by atoms with van der Waals surface area (Å²) in [6, 6.07) is 3.51. The second-order valence-corrected chi connectivity index (χ2v) is 4.91. The van der Waals surface area contributed by atoms with Crippen LogP contribution in [0.15, 0.2) is 23.6 Å². The summed E-state index contributed by atoms with van der Waals surface area (Å²) < 4.78 is 39.4. The molecular formula is C13H8F3NO3S. The van der Waals surface area contributed by atoms with E-state index >= 15 is 0 Å². The number of thiophene rings is 1. The maximum absolute atomic E-state index is 13.5. The molecule has 1 aromatic heterocycles. The Morgan fingerprint density at radius 1 is 1.24 bits per heavy atom. The second kappa shape index (κ2) is 5.96. The molecule has 0 fully saturated rings. The Morgan fingerprint density at radius 3 is 2.57 bits per heavy atom. The van der Waals surface area contributed by atoms with Crippen LogP contribution in [0.2, 0.25) is 0 Å². The summed E-state index contributed by atoms with van der Waals surface area (Å²) in [5.74, 6) is -8.06. The number of carbonyl (C=O) groups excluding carboxylic acids is 2. The minimum absolute atomic E-state index is 0.315. The topological polar surface area (TPSA) is 66.4 Å². The fourth-order valence-corrected chi connectivity index (χ4v) is 2.20. The molecule has 0 spiro atoms. The lowest BCUT2D eigenvalue weighted by Gasteiger charge is -2.07. The molecule has 2 rings (SSSR count). The summed E-state index contributed by atoms with van der Waals surface area (Å²) in [6.45, 7) is -0.432. The lowest BCUT2D eigenvalue weighted by atomic mass is 10.1. The summed E-state index contributed by atoms with van der Waals surface area (Å²) >= 11 is 1.16. The van der Waals surface area contributed by atoms with Crippen LogP contribution in [0.25, 0.3) is 0 Å². The fourth-order valence-electron chi connectivity index (χ4n) is 1.54. The van der Waals surface area contributed by atoms with Crippen molar-refractivity contribution in [2.45, 2.75) is 0 Å². The molecule has 0 saturated carbocycles. The summed E-state index contributed by atoms with van der Waals surface area (Å²) in [5, 5.41) is 12.8. The van der Waals surface area contributed by atoms with Gasteiger partial charge in [0.25, 0.3) is 5.91 Å². The summed E-state index contributed by atoms with van der Waals surface area (Å²) in [7, 11) is 0. The number of ketones is 1. The smallest absolute Gasteiger partial charge is 0.254 e. The molecule has 1 amide bonds. The zero-order valence-electron chi connectivity index (χ0n) is 10.3. The zero-order chi connectivity index (χ0) is 15.6. The largest absolute Gasteiger partial charge is 0.503 e. The van der Waals surface area contributed by atoms with Gasteiger partial charge in [0, 0.05) is 0 Å². The lowest BCUT2D eigenvalue weighted by Crippen LogP contribution is -2.30. The summed E-state index contributed by atoms with van der Waals surface area (Å²) in [4.78, 5) is 23.7. The van der Waals surface area contributed by atoms with Crippen LogP contribution >= 0.6 is 11.3 Å². The van der Waals surface area contributed by atoms with Gasteiger partial charge in [0.1, 0.15) is 0 Å². The molecule has 110 valence electrons. The van der Waals surface area contributed by atoms with E-state index in [0.29, 0.717) is 10.9 Å². The third kappa shape index (κ3) is 3.05. The van der Waals surface area contributed by atoms with E-state index in [4.69, 9.17) is 5.11 Å². The normalized spacial score (nSPS) is 10.4. The Labute approximate surface area is 120 Å². The zero-order valence-corrected chi connectivity index (χ0v) is 11.1. The summed E-state index contributed by atoms with van der Waals surface area (Å²) in [5.41, 5.74) is -0.884. The first-order valence-corrected chi connectivity index (χ1v) is 6.51. The number of Topliss-reactive ketones (excluding diaryl/α,β-unsaturated/α-hetero) is 1. The van der Waals surface area contributed by atoms with Gasteiger partial charge in [-0.2, -0.15) is 4.39 Å². The maximum Gasteiger partial charge on any atom is 0.254 e. The molecule has 1 heterocycles. The highest BCUT2D eigenvalue weighted by atomic mass is 32.1. The van der Waals surface area contributed by atoms with Gasteiger partial charge in [-0.25, -0.2) is 8.78 Å². The molecule has 8 heteroatoms. The van der Waals surface area contributed by atoms with Crippen LogP contribution in [0.4, 0.5) is 13.2 Å². The summed E-state index contributed by atoms with van der Waals surface area (Å²) in [6.07, 6.45) is 0. The number of hydrogen-bond donors (Lipinski definition) is 2. The molecule has 0 saturated heterocycles. The van der Waals surface area contributed by atoms with E-state index in [-0.39, 0.29) is 0 Å². The van der Waals surface area contributed by atoms with Gasteiger partial charge >= 0.3 is 0 Å². The van der Waals surface area contributed by atoms with E-state index in [1.807, 2.05) is 0 Å². The van der Waals surface area contributed by atoms with Crippen LogP contribution < -0.4 is 5.32 Å². The Bertz CT molecular complexity index is 701. The van der Waals surface area contributed by atoms with E-state index < -0.39 is 47.0 Å². The van der Waals surface area contributed by atoms with Crippen LogP contribution in [0.1, 0.15) is 20.0 Å². The van der Waals surface area contributed by atoms with Crippen molar-refractivity contribution in [3.63, 3.8) is 0 Å². The molecular weight excluding hydrogens is 307 g/mol. The fraction of sp³-hybridized carbons (Fsp3) is 0.0769. The van der Waals surface area contributed by atoms with Gasteiger partial charge < -0.3 is 10.4 Å². The number of carbonyl (C=O) groups is 2. The SMILES string of the molecule is O=C(CNC(=O)c1cc(F)c(F)c(O)c1F)c1cccs1. The molecule has 0 atom stereocenters. The predicted molar refractivity (Wildman–Crippen MR) is 69.0 cm³/mol. The van der Waals surface area contributed by atoms with Gasteiger partial charge in [-0.05, 0) is 17.5 Å². The van der Waals surface area contributed by atoms with Crippen molar-refractivity contribution in [3.8, 4) is 5.75 Å². The molecule has 2 N–H and O–H groups in total. The average Bonchev–Trinajstić information content (AvgIpc) is 3.00. The van der Waals surface area contributed by atoms with Crippen molar-refractivity contribution in [1.29, 1.82) is 0 Å². The van der Waals surface area contributed by atoms with Crippen LogP contribution in [0, 0.1) is 17.5 Å². The van der Waals surface area contributed by atoms with Crippen molar-refractivity contribution in [2.75, 3.05) is 6.54 Å². The Kier molecular flexibility index (Phi) is 4.27. The third-order valence-electron chi connectivity index (χ3n) is 2.58. The average molecular weight is 315 g/mol. The Balaban J connectivity index is 2.13. The number of phenolic OH excluding ortho intramolecular Hbond substituents is 1. The highest BCUT2D eigenvalue weighted by Crippen LogP contribution is 2.25. The second-order valence-electron chi connectivity index (χ2n) is 3.97. The highest BCUT2D eigenvalue weighted by molar-refractivity contribution is 7.12. The molecule has 0 aliphatic carbocycles. The third-order valence-corrected chi connectivity index (χ3v) is 3.49. The monoisotopic (exact) mass is 315 g/mol. The van der Waals surface area contributed by atoms with E-state index in [9.17, 15) is 22.8 Å². The predicted octanol–water partition coefficient (Wildman–Crippen LogP) is 2.48. The molecule has 2 aromatic rings. The number of benzene rings is 1. The van der Waals surface area contributed by atoms with Gasteiger partial charge in [-0.15, -0.1) is 11.3 Å². The highest BCUT2D eigenvalue weighted by Gasteiger charge is 2.22. The lowest BCUT2D eigenvalue weighted by molar-refractivity contribution is 0.0901. The number of amides is 1. The molecule has 0 radical (unpaired) electrons. The van der Waals surface area contributed by atoms with Gasteiger partial charge in [-0.3, -0.25) is 9.59 Å². The molecule has 0 unspecified atom stereocenters. The van der Waals surface area contributed by atoms with Crippen molar-refractivity contribution in [2.24, 2.45) is 0 Å². The molecule has 21 heavy (non-hydrogen) atoms. The van der Waals surface area contributed by atoms with E-state index in [1.165, 1.54) is 0 Å². The molecule has 0 aliphatic rings. The molecule has 1 aromatic carbocycles. The Morgan fingerprint density at radius 2 is 1.95 bits per heavy atom. The van der Waals surface area contributed by atoms with Gasteiger partial charge in [0.05, 0.1) is 17.0 Å². The van der Waals surface area contributed by atoms with E-state index in [1.54, 1.807) is 17.5 Å². The standard InChI is InChI=1S/C13H8F3NO3S/c14-7-4-6(10(15)12(19)11(7)16)13(20)17-5-8(18)9-2-1-3-21-9/h1-4,19H,5H2,(H,17,20). The van der Waals surface area contributed by atoms with Gasteiger partial charge in [0.15, 0.2) is 23.2 Å². The van der Waals surface area contributed by atoms with E-state index in [2.05, 4.69) is 5.32 Å². The minimum Gasteiger partial charge on any atom is -0.503 e. The first-order valence-electron chi connectivity index (χ1n) is 5.63. The number of nitrogens with one attached hydrogen (secondary N) is 1. The number of halogens is 3. The van der Waals surface area contributed by atoms with E-state index in [0.717, 1.165) is 11.3 Å². The maximum atomic E-state index is 13.5. The van der Waals surface area contributed by atoms with Crippen LogP contribution in [-0.2, 0) is 0 Å². The number of hydrogen-bond acceptors (Lipinski definition) is 4. The molecule has 0 bridgehead atoms. The number of phenols is 1. The van der Waals surface area contributed by atoms with Crippen LogP contribution in [0.3, 0.4) is 0 Å². The quantitative estimate of drug-likeness (QED) is 0.673. The van der Waals surface area contributed by atoms with Crippen molar-refractivity contribution in [1.82, 2.24) is 5.32 Å². The number of rotatable bonds is 4. The van der Waals surface area contributed by atoms with Crippen molar-refractivity contribution in [3.05, 3.63) is 51.5 Å². The van der Waals surface area contributed by atoms with Gasteiger partial charge in [0.2, 0.25) is 5.82 Å². The molecule has 4 nitrogen and oxygen atoms in total. The number of aromatic hydroxyl groups is 1. The first kappa shape index (κ1) is 15.0. The first-order chi connectivity index (χ1) is 9.91. The molecule has 0 aliphatic heterocycles. The minimum atomic E-state index is -1.78.